The fourth-order valence-corrected chi connectivity index (χ4v) is 6.73. The van der Waals surface area contributed by atoms with Gasteiger partial charge < -0.3 is 28.6 Å². The zero-order valence-electron chi connectivity index (χ0n) is 37.1. The highest BCUT2D eigenvalue weighted by Crippen LogP contribution is 2.15. The minimum absolute atomic E-state index is 0.0425. The number of carboxylic acid groups (broad SMARTS) is 1. The second-order valence-electron chi connectivity index (χ2n) is 16.6. The number of aliphatic carboxylic acids is 1. The van der Waals surface area contributed by atoms with Crippen LogP contribution in [0, 0.1) is 0 Å². The number of hydrogen-bond donors (Lipinski definition) is 0. The average Bonchev–Trinajstić information content (AvgIpc) is 3.15. The topological polar surface area (TPSA) is 102 Å². The Bertz CT molecular complexity index is 1020. The van der Waals surface area contributed by atoms with Crippen LogP contribution in [-0.2, 0) is 28.6 Å². The molecule has 0 aliphatic carbocycles. The number of likely N-dealkylation sites (N-methyl/N-ethyl adjacent to an activating group) is 1. The van der Waals surface area contributed by atoms with E-state index in [1.165, 1.54) is 109 Å². The number of nitrogens with zero attached hydrogens (tertiary/aromatic N) is 1. The van der Waals surface area contributed by atoms with E-state index in [-0.39, 0.29) is 42.7 Å². The normalized spacial score (nSPS) is 13.2. The monoisotopic (exact) mass is 790 g/mol. The van der Waals surface area contributed by atoms with Crippen molar-refractivity contribution in [3.8, 4) is 0 Å². The summed E-state index contributed by atoms with van der Waals surface area (Å²) in [6, 6.07) is -0.724. The lowest BCUT2D eigenvalue weighted by Gasteiger charge is -2.34. The van der Waals surface area contributed by atoms with E-state index in [2.05, 4.69) is 50.3 Å². The van der Waals surface area contributed by atoms with Gasteiger partial charge in [-0.1, -0.05) is 172 Å². The first kappa shape index (κ1) is 53.6. The van der Waals surface area contributed by atoms with E-state index >= 15 is 0 Å². The summed E-state index contributed by atoms with van der Waals surface area (Å²) in [5, 5.41) is 11.6. The van der Waals surface area contributed by atoms with Crippen molar-refractivity contribution < 1.29 is 38.2 Å². The van der Waals surface area contributed by atoms with Crippen molar-refractivity contribution in [3.63, 3.8) is 0 Å². The second kappa shape index (κ2) is 39.4. The van der Waals surface area contributed by atoms with Gasteiger partial charge in [0.05, 0.1) is 40.3 Å². The van der Waals surface area contributed by atoms with Crippen molar-refractivity contribution in [1.82, 2.24) is 0 Å². The van der Waals surface area contributed by atoms with Crippen LogP contribution in [0.4, 0.5) is 0 Å². The third-order valence-corrected chi connectivity index (χ3v) is 10.3. The molecular formula is C48H87NO7. The van der Waals surface area contributed by atoms with Crippen LogP contribution in [0.15, 0.2) is 36.5 Å². The van der Waals surface area contributed by atoms with Gasteiger partial charge in [-0.25, -0.2) is 0 Å². The van der Waals surface area contributed by atoms with E-state index in [0.717, 1.165) is 57.8 Å². The molecule has 326 valence electrons. The molecule has 0 amide bonds. The number of allylic oxidation sites excluding steroid dienone is 6. The molecule has 0 aliphatic heterocycles. The van der Waals surface area contributed by atoms with Crippen molar-refractivity contribution in [1.29, 1.82) is 0 Å². The van der Waals surface area contributed by atoms with Crippen LogP contribution in [0.2, 0.25) is 0 Å². The molecule has 0 rings (SSSR count). The Balaban J connectivity index is 4.25. The number of quaternary nitrogens is 1. The van der Waals surface area contributed by atoms with E-state index in [1.807, 2.05) is 0 Å². The summed E-state index contributed by atoms with van der Waals surface area (Å²) < 4.78 is 17.2. The Kier molecular flexibility index (Phi) is 37.7. The highest BCUT2D eigenvalue weighted by Gasteiger charge is 2.25. The van der Waals surface area contributed by atoms with Crippen molar-refractivity contribution in [2.75, 3.05) is 41.0 Å². The Hall–Kier alpha value is -2.45. The minimum atomic E-state index is -1.12. The molecule has 0 aromatic heterocycles. The van der Waals surface area contributed by atoms with Gasteiger partial charge >= 0.3 is 11.9 Å². The van der Waals surface area contributed by atoms with Crippen molar-refractivity contribution in [3.05, 3.63) is 36.5 Å². The third-order valence-electron chi connectivity index (χ3n) is 10.3. The van der Waals surface area contributed by atoms with Gasteiger partial charge in [0.25, 0.3) is 0 Å². The Labute approximate surface area is 344 Å². The maximum absolute atomic E-state index is 12.7. The van der Waals surface area contributed by atoms with Crippen molar-refractivity contribution >= 4 is 17.9 Å². The first-order chi connectivity index (χ1) is 27.1. The molecule has 0 aromatic carbocycles. The van der Waals surface area contributed by atoms with Gasteiger partial charge in [-0.05, 0) is 44.9 Å². The van der Waals surface area contributed by atoms with Gasteiger partial charge in [0, 0.05) is 19.3 Å². The number of carboxylic acids is 1. The molecule has 0 saturated heterocycles. The number of esters is 2. The molecule has 0 N–H and O–H groups in total. The van der Waals surface area contributed by atoms with E-state index in [4.69, 9.17) is 14.2 Å². The number of unbranched alkanes of at least 4 members (excludes halogenated alkanes) is 21. The first-order valence-electron chi connectivity index (χ1n) is 23.0. The summed E-state index contributed by atoms with van der Waals surface area (Å²) >= 11 is 0. The summed E-state index contributed by atoms with van der Waals surface area (Å²) in [6.07, 6.45) is 44.5. The predicted octanol–water partition coefficient (Wildman–Crippen LogP) is 11.3. The van der Waals surface area contributed by atoms with Crippen LogP contribution in [-0.4, -0.2) is 75.5 Å². The minimum Gasteiger partial charge on any atom is -0.544 e. The molecule has 8 heteroatoms. The number of ether oxygens (including phenoxy) is 3. The van der Waals surface area contributed by atoms with Gasteiger partial charge in [0.15, 0.2) is 6.10 Å². The lowest BCUT2D eigenvalue weighted by molar-refractivity contribution is -0.889. The summed E-state index contributed by atoms with van der Waals surface area (Å²) in [7, 11) is 5.41. The fraction of sp³-hybridized carbons (Fsp3) is 0.812. The zero-order chi connectivity index (χ0) is 41.4. The lowest BCUT2D eigenvalue weighted by atomic mass is 10.0. The van der Waals surface area contributed by atoms with Crippen LogP contribution in [0.25, 0.3) is 0 Å². The molecule has 0 bridgehead atoms. The van der Waals surface area contributed by atoms with Crippen molar-refractivity contribution in [2.45, 2.75) is 212 Å². The van der Waals surface area contributed by atoms with Crippen LogP contribution in [0.1, 0.15) is 200 Å². The van der Waals surface area contributed by atoms with Crippen LogP contribution < -0.4 is 5.11 Å². The van der Waals surface area contributed by atoms with E-state index < -0.39 is 18.1 Å². The molecule has 0 saturated carbocycles. The Morgan fingerprint density at radius 2 is 1.00 bits per heavy atom. The molecule has 0 fully saturated rings. The Morgan fingerprint density at radius 3 is 1.48 bits per heavy atom. The van der Waals surface area contributed by atoms with Gasteiger partial charge in [-0.2, -0.15) is 0 Å². The average molecular weight is 790 g/mol. The summed E-state index contributed by atoms with van der Waals surface area (Å²) in [5.74, 6) is -1.73. The quantitative estimate of drug-likeness (QED) is 0.0263. The summed E-state index contributed by atoms with van der Waals surface area (Å²) in [4.78, 5) is 36.9. The molecule has 2 unspecified atom stereocenters. The lowest BCUT2D eigenvalue weighted by Crippen LogP contribution is -2.55. The molecule has 8 nitrogen and oxygen atoms in total. The summed E-state index contributed by atoms with van der Waals surface area (Å²) in [6.45, 7) is 4.56. The molecule has 0 radical (unpaired) electrons. The number of carbonyl (C=O) groups excluding carboxylic acids is 3. The number of hydrogen-bond acceptors (Lipinski definition) is 7. The SMILES string of the molecule is CC/C=C/C/C=C/C/C=C/CCCCCCCCCCCCC(=O)OCC(COCCC(C(=O)[O-])[N+](C)(C)C)OC(=O)CCCCCCCCCCCCCC. The van der Waals surface area contributed by atoms with Crippen LogP contribution in [0.3, 0.4) is 0 Å². The molecular weight excluding hydrogens is 703 g/mol. The Morgan fingerprint density at radius 1 is 0.554 bits per heavy atom. The maximum Gasteiger partial charge on any atom is 0.306 e. The third kappa shape index (κ3) is 37.1. The highest BCUT2D eigenvalue weighted by molar-refractivity contribution is 5.70. The standard InChI is InChI=1S/C48H87NO7/c1-6-8-10-12-14-16-18-20-21-22-23-24-25-26-27-29-30-32-34-36-38-46(50)55-43-44(42-54-41-40-45(48(52)53)49(3,4)5)56-47(51)39-37-35-33-31-28-19-17-15-13-11-9-7-2/h8,10,14,16,20-21,44-45H,6-7,9,11-13,15,17-19,22-43H2,1-5H3/b10-8+,16-14+,21-20+. The van der Waals surface area contributed by atoms with Gasteiger partial charge in [-0.15, -0.1) is 0 Å². The molecule has 0 aromatic rings. The van der Waals surface area contributed by atoms with E-state index in [9.17, 15) is 19.5 Å². The number of rotatable bonds is 41. The molecule has 0 spiro atoms. The smallest absolute Gasteiger partial charge is 0.306 e. The second-order valence-corrected chi connectivity index (χ2v) is 16.6. The van der Waals surface area contributed by atoms with E-state index in [0.29, 0.717) is 12.8 Å². The largest absolute Gasteiger partial charge is 0.544 e. The molecule has 56 heavy (non-hydrogen) atoms. The highest BCUT2D eigenvalue weighted by atomic mass is 16.6. The van der Waals surface area contributed by atoms with Crippen molar-refractivity contribution in [2.24, 2.45) is 0 Å². The van der Waals surface area contributed by atoms with Gasteiger partial charge in [0.2, 0.25) is 0 Å². The number of carbonyl (C=O) groups is 3. The van der Waals surface area contributed by atoms with E-state index in [1.54, 1.807) is 21.1 Å². The molecule has 0 aliphatic rings. The molecule has 0 heterocycles. The maximum atomic E-state index is 12.7. The zero-order valence-corrected chi connectivity index (χ0v) is 37.1. The van der Waals surface area contributed by atoms with Crippen LogP contribution in [0.5, 0.6) is 0 Å². The van der Waals surface area contributed by atoms with Gasteiger partial charge in [0.1, 0.15) is 12.6 Å². The molecule has 2 atom stereocenters. The first-order valence-corrected chi connectivity index (χ1v) is 23.0. The van der Waals surface area contributed by atoms with Gasteiger partial charge in [-0.3, -0.25) is 9.59 Å². The fourth-order valence-electron chi connectivity index (χ4n) is 6.73. The van der Waals surface area contributed by atoms with Crippen LogP contribution >= 0.6 is 0 Å². The predicted molar refractivity (Wildman–Crippen MR) is 231 cm³/mol. The summed E-state index contributed by atoms with van der Waals surface area (Å²) in [5.41, 5.74) is 0.